The first-order chi connectivity index (χ1) is 10.4. The van der Waals surface area contributed by atoms with Gasteiger partial charge in [-0.3, -0.25) is 9.59 Å². The predicted molar refractivity (Wildman–Crippen MR) is 80.4 cm³/mol. The maximum atomic E-state index is 12.7. The lowest BCUT2D eigenvalue weighted by molar-refractivity contribution is 0.0918. The molecule has 1 saturated heterocycles. The molecule has 3 rings (SSSR count). The van der Waals surface area contributed by atoms with Crippen molar-refractivity contribution < 1.29 is 19.8 Å². The highest BCUT2D eigenvalue weighted by Gasteiger charge is 2.38. The van der Waals surface area contributed by atoms with Crippen LogP contribution in [0.1, 0.15) is 20.7 Å². The summed E-state index contributed by atoms with van der Waals surface area (Å²) in [6.45, 7) is 2.62. The molecule has 0 aromatic heterocycles. The normalized spacial score (nSPS) is 19.6. The summed E-state index contributed by atoms with van der Waals surface area (Å²) in [6.07, 6.45) is 0. The zero-order valence-corrected chi connectivity index (χ0v) is 12.7. The number of hydrogen-bond donors (Lipinski definition) is 2. The minimum Gasteiger partial charge on any atom is -0.507 e. The van der Waals surface area contributed by atoms with Crippen molar-refractivity contribution in [3.05, 3.63) is 34.0 Å². The van der Waals surface area contributed by atoms with Crippen LogP contribution in [0.5, 0.6) is 11.5 Å². The third kappa shape index (κ3) is 2.15. The van der Waals surface area contributed by atoms with Crippen molar-refractivity contribution in [2.45, 2.75) is 0 Å². The second kappa shape index (κ2) is 5.30. The number of fused-ring (bicyclic) bond motifs is 1. The second-order valence-electron chi connectivity index (χ2n) is 5.46. The molecule has 1 heterocycles. The minimum atomic E-state index is -0.640. The number of piperazine rings is 1. The van der Waals surface area contributed by atoms with Crippen LogP contribution in [0.25, 0.3) is 0 Å². The van der Waals surface area contributed by atoms with Crippen molar-refractivity contribution in [1.29, 1.82) is 0 Å². The lowest BCUT2D eigenvalue weighted by Crippen LogP contribution is -2.46. The van der Waals surface area contributed by atoms with E-state index < -0.39 is 11.6 Å². The number of allylic oxidation sites excluding steroid dienone is 2. The Morgan fingerprint density at radius 1 is 0.955 bits per heavy atom. The third-order valence-corrected chi connectivity index (χ3v) is 4.41. The monoisotopic (exact) mass is 322 g/mol. The van der Waals surface area contributed by atoms with E-state index in [2.05, 4.69) is 4.90 Å². The molecular formula is C15H15ClN2O4. The number of likely N-dealkylation sites (N-methyl/N-ethyl adjacent to an activating group) is 1. The molecule has 0 saturated carbocycles. The average Bonchev–Trinajstić information content (AvgIpc) is 2.49. The minimum absolute atomic E-state index is 0.105. The van der Waals surface area contributed by atoms with E-state index in [-0.39, 0.29) is 33.4 Å². The van der Waals surface area contributed by atoms with Gasteiger partial charge in [0.15, 0.2) is 0 Å². The van der Waals surface area contributed by atoms with Crippen LogP contribution in [0.15, 0.2) is 22.9 Å². The third-order valence-electron chi connectivity index (χ3n) is 4.06. The Morgan fingerprint density at radius 2 is 1.45 bits per heavy atom. The smallest absolute Gasteiger partial charge is 0.215 e. The molecule has 22 heavy (non-hydrogen) atoms. The molecule has 0 amide bonds. The Kier molecular flexibility index (Phi) is 3.58. The van der Waals surface area contributed by atoms with Crippen molar-refractivity contribution in [3.63, 3.8) is 0 Å². The predicted octanol–water partition coefficient (Wildman–Crippen LogP) is 1.17. The molecule has 116 valence electrons. The first kappa shape index (κ1) is 14.9. The van der Waals surface area contributed by atoms with Gasteiger partial charge in [0, 0.05) is 26.2 Å². The number of rotatable bonds is 1. The van der Waals surface area contributed by atoms with Gasteiger partial charge in [0.2, 0.25) is 11.6 Å². The van der Waals surface area contributed by atoms with Gasteiger partial charge in [0.1, 0.15) is 22.2 Å². The first-order valence-electron chi connectivity index (χ1n) is 6.89. The largest absolute Gasteiger partial charge is 0.507 e. The summed E-state index contributed by atoms with van der Waals surface area (Å²) in [5, 5.41) is 19.6. The summed E-state index contributed by atoms with van der Waals surface area (Å²) < 4.78 is 0. The van der Waals surface area contributed by atoms with Gasteiger partial charge >= 0.3 is 0 Å². The number of nitrogens with zero attached hydrogens (tertiary/aromatic N) is 2. The highest BCUT2D eigenvalue weighted by molar-refractivity contribution is 6.50. The maximum absolute atomic E-state index is 12.7. The van der Waals surface area contributed by atoms with Gasteiger partial charge in [0.25, 0.3) is 0 Å². The second-order valence-corrected chi connectivity index (χ2v) is 5.84. The Bertz CT molecular complexity index is 706. The molecule has 7 heteroatoms. The Balaban J connectivity index is 2.10. The number of ketones is 2. The van der Waals surface area contributed by atoms with Gasteiger partial charge in [-0.25, -0.2) is 0 Å². The van der Waals surface area contributed by atoms with E-state index in [4.69, 9.17) is 11.6 Å². The van der Waals surface area contributed by atoms with E-state index >= 15 is 0 Å². The van der Waals surface area contributed by atoms with E-state index in [0.29, 0.717) is 13.1 Å². The molecule has 2 aliphatic rings. The van der Waals surface area contributed by atoms with E-state index in [1.165, 1.54) is 12.1 Å². The molecule has 1 aliphatic heterocycles. The lowest BCUT2D eigenvalue weighted by Gasteiger charge is -2.36. The summed E-state index contributed by atoms with van der Waals surface area (Å²) in [7, 11) is 1.97. The standard InChI is InChI=1S/C15H15ClN2O4/c1-17-4-6-18(7-5-17)13-12(16)14(21)10-8(19)2-3-9(20)11(10)15(13)22/h2-3,19-20H,4-7H2,1H3. The number of Topliss-reactive ketones (excluding diaryl/α,β-unsaturated/α-hetero) is 2. The number of phenolic OH excluding ortho intramolecular Hbond substituents is 2. The summed E-state index contributed by atoms with van der Waals surface area (Å²) in [5.74, 6) is -1.86. The fourth-order valence-electron chi connectivity index (χ4n) is 2.79. The molecule has 0 unspecified atom stereocenters. The molecule has 0 atom stereocenters. The van der Waals surface area contributed by atoms with Gasteiger partial charge in [-0.15, -0.1) is 0 Å². The fourth-order valence-corrected chi connectivity index (χ4v) is 3.09. The van der Waals surface area contributed by atoms with Crippen LogP contribution in [-0.2, 0) is 0 Å². The van der Waals surface area contributed by atoms with E-state index in [1.807, 2.05) is 7.05 Å². The van der Waals surface area contributed by atoms with Gasteiger partial charge in [-0.2, -0.15) is 0 Å². The number of carbonyl (C=O) groups excluding carboxylic acids is 2. The Morgan fingerprint density at radius 3 is 2.00 bits per heavy atom. The number of halogens is 1. The number of hydrogen-bond acceptors (Lipinski definition) is 6. The van der Waals surface area contributed by atoms with Crippen LogP contribution in [0.2, 0.25) is 0 Å². The first-order valence-corrected chi connectivity index (χ1v) is 7.27. The summed E-state index contributed by atoms with van der Waals surface area (Å²) in [4.78, 5) is 29.0. The van der Waals surface area contributed by atoms with Crippen LogP contribution < -0.4 is 0 Å². The molecule has 0 bridgehead atoms. The van der Waals surface area contributed by atoms with Crippen LogP contribution in [-0.4, -0.2) is 64.8 Å². The number of carbonyl (C=O) groups is 2. The van der Waals surface area contributed by atoms with Gasteiger partial charge in [0.05, 0.1) is 11.1 Å². The summed E-state index contributed by atoms with van der Waals surface area (Å²) in [5.41, 5.74) is -0.302. The molecule has 0 spiro atoms. The highest BCUT2D eigenvalue weighted by Crippen LogP contribution is 2.39. The Labute approximate surface area is 132 Å². The molecule has 1 fully saturated rings. The molecular weight excluding hydrogens is 308 g/mol. The molecule has 2 N–H and O–H groups in total. The molecule has 6 nitrogen and oxygen atoms in total. The van der Waals surface area contributed by atoms with E-state index in [9.17, 15) is 19.8 Å². The summed E-state index contributed by atoms with van der Waals surface area (Å²) >= 11 is 6.11. The number of phenols is 2. The number of benzene rings is 1. The quantitative estimate of drug-likeness (QED) is 0.756. The average molecular weight is 323 g/mol. The highest BCUT2D eigenvalue weighted by atomic mass is 35.5. The molecule has 1 aliphatic carbocycles. The van der Waals surface area contributed by atoms with Crippen LogP contribution in [0.4, 0.5) is 0 Å². The van der Waals surface area contributed by atoms with E-state index in [1.54, 1.807) is 4.90 Å². The van der Waals surface area contributed by atoms with Crippen molar-refractivity contribution in [2.75, 3.05) is 33.2 Å². The van der Waals surface area contributed by atoms with Crippen molar-refractivity contribution in [3.8, 4) is 11.5 Å². The zero-order valence-electron chi connectivity index (χ0n) is 12.0. The van der Waals surface area contributed by atoms with Crippen molar-refractivity contribution >= 4 is 23.2 Å². The molecule has 1 aromatic carbocycles. The van der Waals surface area contributed by atoms with Crippen molar-refractivity contribution in [1.82, 2.24) is 9.80 Å². The lowest BCUT2D eigenvalue weighted by atomic mass is 9.90. The van der Waals surface area contributed by atoms with E-state index in [0.717, 1.165) is 13.1 Å². The van der Waals surface area contributed by atoms with Crippen LogP contribution >= 0.6 is 11.6 Å². The van der Waals surface area contributed by atoms with Crippen LogP contribution in [0, 0.1) is 0 Å². The van der Waals surface area contributed by atoms with Crippen molar-refractivity contribution in [2.24, 2.45) is 0 Å². The van der Waals surface area contributed by atoms with Gasteiger partial charge in [-0.05, 0) is 19.2 Å². The molecule has 0 radical (unpaired) electrons. The maximum Gasteiger partial charge on any atom is 0.215 e. The fraction of sp³-hybridized carbons (Fsp3) is 0.333. The van der Waals surface area contributed by atoms with Crippen LogP contribution in [0.3, 0.4) is 0 Å². The summed E-state index contributed by atoms with van der Waals surface area (Å²) in [6, 6.07) is 2.37. The number of aromatic hydroxyl groups is 2. The molecule has 1 aromatic rings. The zero-order chi connectivity index (χ0) is 16.0. The van der Waals surface area contributed by atoms with Gasteiger partial charge < -0.3 is 20.0 Å². The van der Waals surface area contributed by atoms with Gasteiger partial charge in [-0.1, -0.05) is 11.6 Å². The SMILES string of the molecule is CN1CCN(C2=C(Cl)C(=O)c3c(O)ccc(O)c3C2=O)CC1. The topological polar surface area (TPSA) is 81.1 Å². The Hall–Kier alpha value is -2.05.